The van der Waals surface area contributed by atoms with Gasteiger partial charge in [0.2, 0.25) is 0 Å². The zero-order valence-corrected chi connectivity index (χ0v) is 14.6. The molecular weight excluding hydrogens is 318 g/mol. The predicted molar refractivity (Wildman–Crippen MR) is 95.6 cm³/mol. The molecule has 0 saturated heterocycles. The molecule has 2 N–H and O–H groups in total. The van der Waals surface area contributed by atoms with Gasteiger partial charge in [-0.1, -0.05) is 32.0 Å². The number of carbonyl (C=O) groups is 2. The molecule has 1 aromatic heterocycles. The Kier molecular flexibility index (Phi) is 4.99. The number of carboxylic acids is 1. The molecule has 0 saturated carbocycles. The van der Waals surface area contributed by atoms with Crippen LogP contribution in [-0.4, -0.2) is 46.0 Å². The number of carbonyl (C=O) groups excluding carboxylic acids is 1. The quantitative estimate of drug-likeness (QED) is 0.871. The van der Waals surface area contributed by atoms with E-state index < -0.39 is 12.0 Å². The first-order valence-electron chi connectivity index (χ1n) is 8.71. The van der Waals surface area contributed by atoms with E-state index in [1.807, 2.05) is 24.3 Å². The fraction of sp³-hybridized carbons (Fsp3) is 0.421. The zero-order valence-electron chi connectivity index (χ0n) is 14.6. The maximum absolute atomic E-state index is 13.0. The number of carboxylic acid groups (broad SMARTS) is 1. The summed E-state index contributed by atoms with van der Waals surface area (Å²) in [6.07, 6.45) is 1.14. The maximum atomic E-state index is 13.0. The highest BCUT2D eigenvalue weighted by atomic mass is 16.4. The van der Waals surface area contributed by atoms with Gasteiger partial charge in [-0.25, -0.2) is 4.79 Å². The van der Waals surface area contributed by atoms with Gasteiger partial charge in [0.1, 0.15) is 6.04 Å². The van der Waals surface area contributed by atoms with Crippen LogP contribution >= 0.6 is 0 Å². The van der Waals surface area contributed by atoms with Crippen LogP contribution in [0, 0.1) is 0 Å². The van der Waals surface area contributed by atoms with Crippen LogP contribution in [0.5, 0.6) is 0 Å². The fourth-order valence-corrected chi connectivity index (χ4v) is 3.34. The van der Waals surface area contributed by atoms with Crippen molar-refractivity contribution in [3.8, 4) is 0 Å². The van der Waals surface area contributed by atoms with Gasteiger partial charge in [0, 0.05) is 36.2 Å². The van der Waals surface area contributed by atoms with Crippen LogP contribution in [0.15, 0.2) is 24.3 Å². The minimum atomic E-state index is -1.02. The average molecular weight is 341 g/mol. The molecule has 0 aliphatic carbocycles. The third kappa shape index (κ3) is 3.35. The monoisotopic (exact) mass is 341 g/mol. The van der Waals surface area contributed by atoms with E-state index in [-0.39, 0.29) is 5.91 Å². The lowest BCUT2D eigenvalue weighted by Crippen LogP contribution is -2.41. The van der Waals surface area contributed by atoms with E-state index in [1.54, 1.807) is 6.92 Å². The van der Waals surface area contributed by atoms with Crippen molar-refractivity contribution < 1.29 is 14.7 Å². The van der Waals surface area contributed by atoms with Crippen molar-refractivity contribution in [2.75, 3.05) is 13.1 Å². The van der Waals surface area contributed by atoms with Gasteiger partial charge in [-0.15, -0.1) is 0 Å². The molecule has 2 heterocycles. The molecule has 0 spiro atoms. The van der Waals surface area contributed by atoms with Gasteiger partial charge < -0.3 is 10.4 Å². The van der Waals surface area contributed by atoms with Crippen molar-refractivity contribution in [3.05, 3.63) is 41.1 Å². The summed E-state index contributed by atoms with van der Waals surface area (Å²) in [5.74, 6) is -1.35. The van der Waals surface area contributed by atoms with E-state index in [0.29, 0.717) is 18.5 Å². The Morgan fingerprint density at radius 1 is 1.32 bits per heavy atom. The highest BCUT2D eigenvalue weighted by Gasteiger charge is 2.27. The molecule has 1 aromatic carbocycles. The van der Waals surface area contributed by atoms with Gasteiger partial charge in [0.05, 0.1) is 11.1 Å². The van der Waals surface area contributed by atoms with Crippen molar-refractivity contribution in [2.24, 2.45) is 0 Å². The first-order chi connectivity index (χ1) is 12.0. The van der Waals surface area contributed by atoms with Gasteiger partial charge in [-0.2, -0.15) is 0 Å². The van der Waals surface area contributed by atoms with Crippen LogP contribution < -0.4 is 5.32 Å². The lowest BCUT2D eigenvalue weighted by Gasteiger charge is -2.29. The molecule has 2 aromatic rings. The Bertz CT molecular complexity index is 819. The summed E-state index contributed by atoms with van der Waals surface area (Å²) in [6, 6.07) is 6.66. The molecule has 6 nitrogen and oxygen atoms in total. The van der Waals surface area contributed by atoms with Crippen LogP contribution in [0.4, 0.5) is 0 Å². The summed E-state index contributed by atoms with van der Waals surface area (Å²) < 4.78 is 0. The number of amides is 1. The van der Waals surface area contributed by atoms with Crippen molar-refractivity contribution in [1.82, 2.24) is 15.2 Å². The lowest BCUT2D eigenvalue weighted by atomic mass is 9.95. The number of aliphatic carboxylic acids is 1. The number of aromatic nitrogens is 1. The van der Waals surface area contributed by atoms with E-state index in [9.17, 15) is 14.7 Å². The molecule has 1 aliphatic heterocycles. The van der Waals surface area contributed by atoms with Crippen LogP contribution in [0.2, 0.25) is 0 Å². The fourth-order valence-electron chi connectivity index (χ4n) is 3.34. The summed E-state index contributed by atoms with van der Waals surface area (Å²) in [5, 5.41) is 12.7. The second-order valence-electron chi connectivity index (χ2n) is 6.32. The standard InChI is InChI=1S/C19H23N3O3/c1-3-14(19(24)25)21-18(23)17-12-7-5-6-8-15(12)20-16-9-10-22(4-2)11-13(16)17/h5-8,14H,3-4,9-11H2,1-2H3,(H,21,23)(H,24,25). The van der Waals surface area contributed by atoms with Crippen LogP contribution in [0.1, 0.15) is 41.9 Å². The number of nitrogens with one attached hydrogen (secondary N) is 1. The number of nitrogens with zero attached hydrogens (tertiary/aromatic N) is 2. The SMILES string of the molecule is CCC(NC(=O)c1c2c(nc3ccccc13)CCN(CC)C2)C(=O)O. The van der Waals surface area contributed by atoms with Gasteiger partial charge in [0.15, 0.2) is 0 Å². The van der Waals surface area contributed by atoms with E-state index in [4.69, 9.17) is 4.98 Å². The van der Waals surface area contributed by atoms with E-state index in [2.05, 4.69) is 17.1 Å². The van der Waals surface area contributed by atoms with E-state index >= 15 is 0 Å². The predicted octanol–water partition coefficient (Wildman–Crippen LogP) is 2.21. The van der Waals surface area contributed by atoms with Gasteiger partial charge >= 0.3 is 5.97 Å². The maximum Gasteiger partial charge on any atom is 0.326 e. The first kappa shape index (κ1) is 17.4. The first-order valence-corrected chi connectivity index (χ1v) is 8.71. The number of para-hydroxylation sites is 1. The number of rotatable bonds is 5. The number of hydrogen-bond donors (Lipinski definition) is 2. The van der Waals surface area contributed by atoms with Gasteiger partial charge in [-0.3, -0.25) is 14.7 Å². The highest BCUT2D eigenvalue weighted by molar-refractivity contribution is 6.08. The second-order valence-corrected chi connectivity index (χ2v) is 6.32. The molecule has 132 valence electrons. The number of pyridine rings is 1. The molecule has 1 atom stereocenters. The summed E-state index contributed by atoms with van der Waals surface area (Å²) in [6.45, 7) is 6.33. The minimum absolute atomic E-state index is 0.331. The lowest BCUT2D eigenvalue weighted by molar-refractivity contribution is -0.139. The smallest absolute Gasteiger partial charge is 0.326 e. The molecule has 0 radical (unpaired) electrons. The van der Waals surface area contributed by atoms with E-state index in [1.165, 1.54) is 0 Å². The Labute approximate surface area is 146 Å². The summed E-state index contributed by atoms with van der Waals surface area (Å²) in [7, 11) is 0. The van der Waals surface area contributed by atoms with E-state index in [0.717, 1.165) is 41.7 Å². The molecule has 0 bridgehead atoms. The molecule has 1 unspecified atom stereocenters. The normalized spacial score (nSPS) is 15.6. The number of likely N-dealkylation sites (N-methyl/N-ethyl adjacent to an activating group) is 1. The van der Waals surface area contributed by atoms with Crippen molar-refractivity contribution in [3.63, 3.8) is 0 Å². The Morgan fingerprint density at radius 3 is 2.76 bits per heavy atom. The molecular formula is C19H23N3O3. The van der Waals surface area contributed by atoms with Crippen LogP contribution in [0.25, 0.3) is 10.9 Å². The molecule has 25 heavy (non-hydrogen) atoms. The molecule has 1 aliphatic rings. The van der Waals surface area contributed by atoms with Crippen LogP contribution in [0.3, 0.4) is 0 Å². The highest BCUT2D eigenvalue weighted by Crippen LogP contribution is 2.28. The van der Waals surface area contributed by atoms with Gasteiger partial charge in [-0.05, 0) is 19.0 Å². The molecule has 0 fully saturated rings. The molecule has 1 amide bonds. The summed E-state index contributed by atoms with van der Waals surface area (Å²) in [5.41, 5.74) is 3.21. The number of benzene rings is 1. The van der Waals surface area contributed by atoms with Crippen molar-refractivity contribution in [2.45, 2.75) is 39.3 Å². The Hall–Kier alpha value is -2.47. The van der Waals surface area contributed by atoms with Crippen molar-refractivity contribution in [1.29, 1.82) is 0 Å². The molecule has 6 heteroatoms. The number of hydrogen-bond acceptors (Lipinski definition) is 4. The summed E-state index contributed by atoms with van der Waals surface area (Å²) >= 11 is 0. The number of fused-ring (bicyclic) bond motifs is 2. The average Bonchev–Trinajstić information content (AvgIpc) is 2.63. The van der Waals surface area contributed by atoms with Gasteiger partial charge in [0.25, 0.3) is 5.91 Å². The summed E-state index contributed by atoms with van der Waals surface area (Å²) in [4.78, 5) is 31.3. The second kappa shape index (κ2) is 7.19. The largest absolute Gasteiger partial charge is 0.480 e. The van der Waals surface area contributed by atoms with Crippen molar-refractivity contribution >= 4 is 22.8 Å². The van der Waals surface area contributed by atoms with Crippen LogP contribution in [-0.2, 0) is 17.8 Å². The third-order valence-electron chi connectivity index (χ3n) is 4.81. The minimum Gasteiger partial charge on any atom is -0.480 e. The third-order valence-corrected chi connectivity index (χ3v) is 4.81. The Balaban J connectivity index is 2.11. The molecule has 3 rings (SSSR count). The topological polar surface area (TPSA) is 82.5 Å². The zero-order chi connectivity index (χ0) is 18.0. The Morgan fingerprint density at radius 2 is 2.08 bits per heavy atom.